The van der Waals surface area contributed by atoms with E-state index in [9.17, 15) is 0 Å². The van der Waals surface area contributed by atoms with E-state index in [4.69, 9.17) is 0 Å². The van der Waals surface area contributed by atoms with Crippen LogP contribution in [0.3, 0.4) is 0 Å². The van der Waals surface area contributed by atoms with E-state index in [0.717, 1.165) is 30.5 Å². The highest BCUT2D eigenvalue weighted by Crippen LogP contribution is 2.29. The molecule has 3 rings (SSSR count). The van der Waals surface area contributed by atoms with E-state index in [2.05, 4.69) is 91.9 Å². The maximum atomic E-state index is 4.30. The van der Waals surface area contributed by atoms with Crippen LogP contribution in [-0.4, -0.2) is 4.57 Å². The summed E-state index contributed by atoms with van der Waals surface area (Å²) >= 11 is 0. The molecule has 1 heterocycles. The fourth-order valence-corrected chi connectivity index (χ4v) is 3.47. The molecule has 0 N–H and O–H groups in total. The Kier molecular flexibility index (Phi) is 5.58. The molecular weight excluding hydrogens is 314 g/mol. The van der Waals surface area contributed by atoms with Gasteiger partial charge in [-0.3, -0.25) is 0 Å². The number of allylic oxidation sites excluding steroid dienone is 5. The molecule has 1 aromatic heterocycles. The molecule has 1 nitrogen and oxygen atoms in total. The van der Waals surface area contributed by atoms with Crippen LogP contribution in [0.1, 0.15) is 19.8 Å². The molecule has 0 saturated carbocycles. The number of fused-ring (bicyclic) bond motifs is 3. The first-order valence-corrected chi connectivity index (χ1v) is 9.26. The molecule has 0 saturated heterocycles. The van der Waals surface area contributed by atoms with Crippen LogP contribution >= 0.6 is 0 Å². The minimum absolute atomic E-state index is 0.482. The van der Waals surface area contributed by atoms with Crippen molar-refractivity contribution in [2.24, 2.45) is 5.92 Å². The number of para-hydroxylation sites is 2. The van der Waals surface area contributed by atoms with Crippen LogP contribution in [0.2, 0.25) is 0 Å². The van der Waals surface area contributed by atoms with Gasteiger partial charge < -0.3 is 4.57 Å². The Morgan fingerprint density at radius 2 is 1.54 bits per heavy atom. The third-order valence-corrected chi connectivity index (χ3v) is 4.98. The van der Waals surface area contributed by atoms with Crippen LogP contribution in [0.15, 0.2) is 97.6 Å². The fourth-order valence-electron chi connectivity index (χ4n) is 3.47. The van der Waals surface area contributed by atoms with Crippen molar-refractivity contribution in [3.63, 3.8) is 0 Å². The summed E-state index contributed by atoms with van der Waals surface area (Å²) in [7, 11) is 0. The first-order valence-electron chi connectivity index (χ1n) is 9.26. The van der Waals surface area contributed by atoms with Crippen molar-refractivity contribution in [2.75, 3.05) is 0 Å². The standard InChI is InChI=1S/C25H27N/c1-5-19(3)17-21(6-2)16-15-20(4)18-26-24-13-9-7-11-22(24)23-12-8-10-14-25(23)26/h5,7-16,21H,1,3-4,6,17-18H2,2H3/b16-15-. The van der Waals surface area contributed by atoms with Crippen molar-refractivity contribution in [1.29, 1.82) is 0 Å². The van der Waals surface area contributed by atoms with Gasteiger partial charge in [0.25, 0.3) is 0 Å². The van der Waals surface area contributed by atoms with Gasteiger partial charge in [0.05, 0.1) is 0 Å². The Hall–Kier alpha value is -2.80. The number of hydrogen-bond acceptors (Lipinski definition) is 0. The smallest absolute Gasteiger partial charge is 0.0494 e. The van der Waals surface area contributed by atoms with Gasteiger partial charge >= 0.3 is 0 Å². The minimum Gasteiger partial charge on any atom is -0.336 e. The van der Waals surface area contributed by atoms with E-state index in [1.165, 1.54) is 21.8 Å². The van der Waals surface area contributed by atoms with Crippen molar-refractivity contribution >= 4 is 21.8 Å². The molecule has 26 heavy (non-hydrogen) atoms. The van der Waals surface area contributed by atoms with Gasteiger partial charge in [-0.25, -0.2) is 0 Å². The maximum absolute atomic E-state index is 4.30. The third-order valence-electron chi connectivity index (χ3n) is 4.98. The third kappa shape index (κ3) is 3.72. The van der Waals surface area contributed by atoms with E-state index in [0.29, 0.717) is 5.92 Å². The summed E-state index contributed by atoms with van der Waals surface area (Å²) in [5.41, 5.74) is 4.72. The quantitative estimate of drug-likeness (QED) is 0.386. The maximum Gasteiger partial charge on any atom is 0.0494 e. The number of nitrogens with zero attached hydrogens (tertiary/aromatic N) is 1. The highest BCUT2D eigenvalue weighted by atomic mass is 15.0. The average Bonchev–Trinajstić information content (AvgIpc) is 2.99. The Morgan fingerprint density at radius 3 is 2.08 bits per heavy atom. The summed E-state index contributed by atoms with van der Waals surface area (Å²) < 4.78 is 2.36. The predicted octanol–water partition coefficient (Wildman–Crippen LogP) is 7.07. The second-order valence-electron chi connectivity index (χ2n) is 6.87. The lowest BCUT2D eigenvalue weighted by molar-refractivity contribution is 0.627. The van der Waals surface area contributed by atoms with Crippen LogP contribution < -0.4 is 0 Å². The molecule has 3 aromatic rings. The summed E-state index contributed by atoms with van der Waals surface area (Å²) in [4.78, 5) is 0. The Morgan fingerprint density at radius 1 is 0.962 bits per heavy atom. The number of benzene rings is 2. The van der Waals surface area contributed by atoms with Crippen LogP contribution in [0.25, 0.3) is 21.8 Å². The molecule has 1 atom stereocenters. The van der Waals surface area contributed by atoms with Crippen molar-refractivity contribution in [3.05, 3.63) is 97.6 Å². The Bertz CT molecular complexity index is 930. The number of rotatable bonds is 8. The van der Waals surface area contributed by atoms with Gasteiger partial charge in [-0.05, 0) is 36.5 Å². The normalized spacial score (nSPS) is 12.7. The zero-order chi connectivity index (χ0) is 18.5. The summed E-state index contributed by atoms with van der Waals surface area (Å²) in [5, 5.41) is 2.60. The van der Waals surface area contributed by atoms with E-state index in [-0.39, 0.29) is 0 Å². The van der Waals surface area contributed by atoms with Crippen molar-refractivity contribution in [3.8, 4) is 0 Å². The molecule has 132 valence electrons. The summed E-state index contributed by atoms with van der Waals surface area (Å²) in [6.07, 6.45) is 8.34. The molecule has 0 amide bonds. The van der Waals surface area contributed by atoms with Gasteiger partial charge in [0.1, 0.15) is 0 Å². The lowest BCUT2D eigenvalue weighted by atomic mass is 9.96. The molecule has 1 unspecified atom stereocenters. The molecule has 0 bridgehead atoms. The average molecular weight is 341 g/mol. The molecular formula is C25H27N. The van der Waals surface area contributed by atoms with Crippen molar-refractivity contribution in [1.82, 2.24) is 4.57 Å². The molecule has 0 radical (unpaired) electrons. The first-order chi connectivity index (χ1) is 12.6. The molecule has 1 heteroatoms. The Labute approximate surface area is 156 Å². The van der Waals surface area contributed by atoms with E-state index in [1.807, 2.05) is 6.08 Å². The van der Waals surface area contributed by atoms with Gasteiger partial charge in [-0.15, -0.1) is 0 Å². The van der Waals surface area contributed by atoms with Crippen LogP contribution in [-0.2, 0) is 6.54 Å². The van der Waals surface area contributed by atoms with Gasteiger partial charge in [0.2, 0.25) is 0 Å². The lowest BCUT2D eigenvalue weighted by Gasteiger charge is -2.11. The van der Waals surface area contributed by atoms with Gasteiger partial charge in [0.15, 0.2) is 0 Å². The molecule has 0 aliphatic heterocycles. The zero-order valence-electron chi connectivity index (χ0n) is 15.6. The van der Waals surface area contributed by atoms with E-state index < -0.39 is 0 Å². The second kappa shape index (κ2) is 8.05. The molecule has 2 aromatic carbocycles. The first kappa shape index (κ1) is 18.0. The topological polar surface area (TPSA) is 4.93 Å². The van der Waals surface area contributed by atoms with Gasteiger partial charge in [-0.1, -0.05) is 86.9 Å². The molecule has 0 fully saturated rings. The van der Waals surface area contributed by atoms with Crippen LogP contribution in [0.4, 0.5) is 0 Å². The molecule has 0 spiro atoms. The van der Waals surface area contributed by atoms with Crippen LogP contribution in [0.5, 0.6) is 0 Å². The van der Waals surface area contributed by atoms with Crippen molar-refractivity contribution < 1.29 is 0 Å². The zero-order valence-corrected chi connectivity index (χ0v) is 15.6. The molecule has 0 aliphatic rings. The SMILES string of the molecule is C=CC(=C)CC(/C=C\C(=C)Cn1c2ccccc2c2ccccc21)CC. The largest absolute Gasteiger partial charge is 0.336 e. The lowest BCUT2D eigenvalue weighted by Crippen LogP contribution is -2.00. The minimum atomic E-state index is 0.482. The summed E-state index contributed by atoms with van der Waals surface area (Å²) in [6.45, 7) is 15.1. The van der Waals surface area contributed by atoms with E-state index in [1.54, 1.807) is 0 Å². The highest BCUT2D eigenvalue weighted by molar-refractivity contribution is 6.08. The number of hydrogen-bond donors (Lipinski definition) is 0. The Balaban J connectivity index is 1.86. The van der Waals surface area contributed by atoms with E-state index >= 15 is 0 Å². The highest BCUT2D eigenvalue weighted by Gasteiger charge is 2.10. The van der Waals surface area contributed by atoms with Crippen LogP contribution in [0, 0.1) is 5.92 Å². The summed E-state index contributed by atoms with van der Waals surface area (Å²) in [5.74, 6) is 0.482. The van der Waals surface area contributed by atoms with Crippen molar-refractivity contribution in [2.45, 2.75) is 26.3 Å². The summed E-state index contributed by atoms with van der Waals surface area (Å²) in [6, 6.07) is 17.2. The monoisotopic (exact) mass is 341 g/mol. The number of aromatic nitrogens is 1. The van der Waals surface area contributed by atoms with Gasteiger partial charge in [0, 0.05) is 28.4 Å². The predicted molar refractivity (Wildman–Crippen MR) is 115 cm³/mol. The molecule has 0 aliphatic carbocycles. The second-order valence-corrected chi connectivity index (χ2v) is 6.87. The fraction of sp³-hybridized carbons (Fsp3) is 0.200. The van der Waals surface area contributed by atoms with Gasteiger partial charge in [-0.2, -0.15) is 0 Å².